The second-order valence-corrected chi connectivity index (χ2v) is 22.4. The number of piperazine rings is 1. The molecule has 7 aliphatic rings. The minimum absolute atomic E-state index is 0.0541. The van der Waals surface area contributed by atoms with E-state index < -0.39 is 11.6 Å². The molecule has 11 rings (SSSR count). The molecule has 0 bridgehead atoms. The first kappa shape index (κ1) is 50.1. The Hall–Kier alpha value is -6.12. The summed E-state index contributed by atoms with van der Waals surface area (Å²) in [7, 11) is 2.18. The van der Waals surface area contributed by atoms with Gasteiger partial charge in [-0.05, 0) is 147 Å². The molecule has 2 saturated carbocycles. The van der Waals surface area contributed by atoms with Gasteiger partial charge in [-0.1, -0.05) is 51.3 Å². The fourth-order valence-corrected chi connectivity index (χ4v) is 14.4. The largest absolute Gasteiger partial charge is 0.462 e. The van der Waals surface area contributed by atoms with Crippen LogP contribution >= 0.6 is 0 Å². The number of benzene rings is 2. The molecule has 3 fully saturated rings. The Morgan fingerprint density at radius 2 is 1.70 bits per heavy atom. The molecule has 0 unspecified atom stereocenters. The third-order valence-corrected chi connectivity index (χ3v) is 18.4. The molecule has 4 aromatic rings. The van der Waals surface area contributed by atoms with Gasteiger partial charge in [0.1, 0.15) is 18.5 Å². The number of anilines is 1. The van der Waals surface area contributed by atoms with Gasteiger partial charge in [-0.15, -0.1) is 0 Å². The molecule has 2 aromatic carbocycles. The molecular formula is C60H71N5O9. The quantitative estimate of drug-likeness (QED) is 0.0881. The number of aromatic nitrogens is 2. The van der Waals surface area contributed by atoms with Crippen molar-refractivity contribution in [2.24, 2.45) is 17.3 Å². The lowest BCUT2D eigenvalue weighted by molar-refractivity contribution is -0.172. The third-order valence-electron chi connectivity index (χ3n) is 18.4. The Morgan fingerprint density at radius 1 is 0.919 bits per heavy atom. The molecule has 74 heavy (non-hydrogen) atoms. The SMILES string of the molecule is CCc1c2c(nc3ccc(OC(=O)N4CCN(CCCCCCN(C)c5ccc([C@H]6C[C@]7(C)[C@H](OC(C)=O)CC[C@H]7[C@@H]7CCC8=CC(=O)CCC8=C76)cc5)CC4)cc13)-c1cc3c(c(=O)n1C2)COC(=O)[C@]3(O)CC. The average molecular weight is 1010 g/mol. The Morgan fingerprint density at radius 3 is 2.46 bits per heavy atom. The molecule has 3 aliphatic heterocycles. The number of ether oxygens (including phenoxy) is 3. The first-order valence-electron chi connectivity index (χ1n) is 27.5. The third kappa shape index (κ3) is 8.76. The first-order valence-corrected chi connectivity index (χ1v) is 27.5. The monoisotopic (exact) mass is 1010 g/mol. The predicted octanol–water partition coefficient (Wildman–Crippen LogP) is 9.29. The van der Waals surface area contributed by atoms with Gasteiger partial charge >= 0.3 is 18.0 Å². The summed E-state index contributed by atoms with van der Waals surface area (Å²) in [5.41, 5.74) is 8.96. The maximum Gasteiger partial charge on any atom is 0.415 e. The lowest BCUT2D eigenvalue weighted by Gasteiger charge is -2.52. The van der Waals surface area contributed by atoms with E-state index in [0.29, 0.717) is 67.0 Å². The molecule has 0 spiro atoms. The van der Waals surface area contributed by atoms with Crippen LogP contribution in [0.4, 0.5) is 10.5 Å². The van der Waals surface area contributed by atoms with Gasteiger partial charge in [0.2, 0.25) is 0 Å². The number of nitrogens with zero attached hydrogens (tertiary/aromatic N) is 5. The molecule has 14 nitrogen and oxygen atoms in total. The Labute approximate surface area is 433 Å². The number of cyclic esters (lactones) is 1. The first-order chi connectivity index (χ1) is 35.7. The van der Waals surface area contributed by atoms with Crippen molar-refractivity contribution in [3.05, 3.63) is 109 Å². The van der Waals surface area contributed by atoms with Crippen molar-refractivity contribution < 1.29 is 38.5 Å². The molecule has 5 heterocycles. The van der Waals surface area contributed by atoms with Crippen LogP contribution in [-0.2, 0) is 49.0 Å². The number of allylic oxidation sites excluding steroid dienone is 4. The van der Waals surface area contributed by atoms with E-state index in [9.17, 15) is 29.1 Å². The molecule has 2 aromatic heterocycles. The van der Waals surface area contributed by atoms with Gasteiger partial charge in [-0.2, -0.15) is 0 Å². The minimum atomic E-state index is -1.89. The van der Waals surface area contributed by atoms with Crippen LogP contribution in [0.2, 0.25) is 0 Å². The number of carbonyl (C=O) groups excluding carboxylic acids is 4. The molecule has 1 amide bonds. The number of hydrogen-bond donors (Lipinski definition) is 1. The van der Waals surface area contributed by atoms with E-state index in [1.807, 2.05) is 18.2 Å². The van der Waals surface area contributed by atoms with E-state index in [0.717, 1.165) is 107 Å². The van der Waals surface area contributed by atoms with Gasteiger partial charge in [0.05, 0.1) is 29.0 Å². The van der Waals surface area contributed by atoms with Crippen LogP contribution in [-0.4, -0.2) is 101 Å². The number of ketones is 1. The zero-order valence-corrected chi connectivity index (χ0v) is 43.8. The Balaban J connectivity index is 0.652. The second-order valence-electron chi connectivity index (χ2n) is 22.4. The van der Waals surface area contributed by atoms with Gasteiger partial charge < -0.3 is 33.7 Å². The standard InChI is InChI=1S/C60H71N5O9/c1-6-42-45-31-41(18-22-51(45)61-55-47(42)34-65-52(55)32-50-48(56(65)68)35-72-57(69)60(50,71)7-2)74-58(70)64-28-26-63(27-29-64)25-11-9-8-10-24-62(5)39-15-12-37(13-16-39)46-33-59(4)49(21-23-53(59)73-36(3)66)44-19-14-38-30-40(67)17-20-43(38)54(44)46/h12-13,15-16,18,22,30-32,44,46,49,53,71H,6-11,14,17,19-21,23-29,33-35H2,1-5H3/t44-,46+,49-,53+,59-,60-/m0/s1. The molecule has 6 atom stereocenters. The van der Waals surface area contributed by atoms with Gasteiger partial charge in [-0.3, -0.25) is 19.3 Å². The second kappa shape index (κ2) is 19.9. The summed E-state index contributed by atoms with van der Waals surface area (Å²) in [6.45, 7) is 12.6. The summed E-state index contributed by atoms with van der Waals surface area (Å²) in [4.78, 5) is 76.2. The van der Waals surface area contributed by atoms with E-state index in [1.54, 1.807) is 41.0 Å². The van der Waals surface area contributed by atoms with Gasteiger partial charge in [0.25, 0.3) is 5.56 Å². The molecule has 1 saturated heterocycles. The van der Waals surface area contributed by atoms with Crippen molar-refractivity contribution in [2.45, 2.75) is 142 Å². The number of pyridine rings is 2. The highest BCUT2D eigenvalue weighted by Gasteiger charge is 2.58. The van der Waals surface area contributed by atoms with Gasteiger partial charge in [0.15, 0.2) is 11.4 Å². The highest BCUT2D eigenvalue weighted by Crippen LogP contribution is 2.64. The zero-order chi connectivity index (χ0) is 51.6. The van der Waals surface area contributed by atoms with Crippen molar-refractivity contribution >= 4 is 40.4 Å². The van der Waals surface area contributed by atoms with E-state index in [1.165, 1.54) is 22.4 Å². The summed E-state index contributed by atoms with van der Waals surface area (Å²) < 4.78 is 18.9. The normalized spacial score (nSPS) is 26.1. The van der Waals surface area contributed by atoms with Crippen molar-refractivity contribution in [1.29, 1.82) is 0 Å². The lowest BCUT2D eigenvalue weighted by atomic mass is 9.53. The summed E-state index contributed by atoms with van der Waals surface area (Å²) in [6.07, 6.45) is 13.2. The number of carbonyl (C=O) groups is 4. The van der Waals surface area contributed by atoms with Crippen molar-refractivity contribution in [2.75, 3.05) is 51.2 Å². The topological polar surface area (TPSA) is 161 Å². The van der Waals surface area contributed by atoms with E-state index in [2.05, 4.69) is 55.0 Å². The molecule has 14 heteroatoms. The Bertz CT molecular complexity index is 3060. The van der Waals surface area contributed by atoms with E-state index >= 15 is 0 Å². The van der Waals surface area contributed by atoms with Crippen molar-refractivity contribution in [1.82, 2.24) is 19.4 Å². The van der Waals surface area contributed by atoms with Crippen LogP contribution in [0.25, 0.3) is 22.3 Å². The highest BCUT2D eigenvalue weighted by molar-refractivity contribution is 5.93. The van der Waals surface area contributed by atoms with Crippen molar-refractivity contribution in [3.8, 4) is 17.1 Å². The van der Waals surface area contributed by atoms with Crippen LogP contribution in [0.1, 0.15) is 138 Å². The summed E-state index contributed by atoms with van der Waals surface area (Å²) >= 11 is 0. The van der Waals surface area contributed by atoms with Gasteiger partial charge in [0, 0.05) is 86.6 Å². The van der Waals surface area contributed by atoms with Crippen LogP contribution in [0.15, 0.2) is 76.1 Å². The number of aryl methyl sites for hydroxylation is 1. The zero-order valence-electron chi connectivity index (χ0n) is 43.8. The summed E-state index contributed by atoms with van der Waals surface area (Å²) in [5.74, 6) is 0.956. The molecular weight excluding hydrogens is 935 g/mol. The average Bonchev–Trinajstić information content (AvgIpc) is 3.93. The number of unbranched alkanes of at least 4 members (excludes halogenated alkanes) is 3. The predicted molar refractivity (Wildman–Crippen MR) is 282 cm³/mol. The number of rotatable bonds is 13. The molecule has 0 radical (unpaired) electrons. The van der Waals surface area contributed by atoms with Crippen LogP contribution in [0, 0.1) is 17.3 Å². The smallest absolute Gasteiger partial charge is 0.415 e. The fourth-order valence-electron chi connectivity index (χ4n) is 14.4. The van der Waals surface area contributed by atoms with Crippen LogP contribution < -0.4 is 15.2 Å². The van der Waals surface area contributed by atoms with Crippen LogP contribution in [0.5, 0.6) is 5.75 Å². The fraction of sp³-hybridized carbons (Fsp3) is 0.533. The number of fused-ring (bicyclic) bond motifs is 9. The highest BCUT2D eigenvalue weighted by atomic mass is 16.6. The van der Waals surface area contributed by atoms with E-state index in [4.69, 9.17) is 19.2 Å². The van der Waals surface area contributed by atoms with Crippen molar-refractivity contribution in [3.63, 3.8) is 0 Å². The van der Waals surface area contributed by atoms with Gasteiger partial charge in [-0.25, -0.2) is 14.6 Å². The minimum Gasteiger partial charge on any atom is -0.462 e. The lowest BCUT2D eigenvalue weighted by Crippen LogP contribution is -2.49. The number of amides is 1. The van der Waals surface area contributed by atoms with Crippen LogP contribution in [0.3, 0.4) is 0 Å². The molecule has 4 aliphatic carbocycles. The maximum atomic E-state index is 13.8. The molecule has 1 N–H and O–H groups in total. The molecule has 390 valence electrons. The summed E-state index contributed by atoms with van der Waals surface area (Å²) in [6, 6.07) is 16.4. The van der Waals surface area contributed by atoms with E-state index in [-0.39, 0.29) is 65.0 Å². The number of esters is 2. The number of aliphatic hydroxyl groups is 1. The number of hydrogen-bond acceptors (Lipinski definition) is 12. The summed E-state index contributed by atoms with van der Waals surface area (Å²) in [5, 5.41) is 12.1. The Kier molecular flexibility index (Phi) is 13.4. The maximum absolute atomic E-state index is 13.8.